The van der Waals surface area contributed by atoms with Crippen molar-refractivity contribution < 1.29 is 0 Å². The number of aromatic nitrogens is 3. The summed E-state index contributed by atoms with van der Waals surface area (Å²) in [4.78, 5) is 8.62. The minimum absolute atomic E-state index is 0.442. The number of para-hydroxylation sites is 1. The van der Waals surface area contributed by atoms with E-state index in [1.807, 2.05) is 129 Å². The Morgan fingerprint density at radius 1 is 0.365 bits per heavy atom. The van der Waals surface area contributed by atoms with Crippen molar-refractivity contribution in [3.8, 4) is 91.3 Å². The topological polar surface area (TPSA) is 122 Å². The third-order valence-electron chi connectivity index (χ3n) is 14.1. The van der Waals surface area contributed by atoms with Crippen molar-refractivity contribution in [2.45, 2.75) is 13.8 Å². The van der Waals surface area contributed by atoms with Crippen molar-refractivity contribution >= 4 is 49.3 Å². The fourth-order valence-electron chi connectivity index (χ4n) is 10.8. The summed E-state index contributed by atoms with van der Waals surface area (Å²) in [5, 5.41) is 46.3. The molecule has 0 saturated carbocycles. The molecule has 0 amide bonds. The first kappa shape index (κ1) is 44.4. The van der Waals surface area contributed by atoms with Gasteiger partial charge in [-0.25, -0.2) is 4.85 Å². The number of rotatable bonds is 7. The molecule has 9 aromatic carbocycles. The molecule has 12 rings (SSSR count). The zero-order valence-electron chi connectivity index (χ0n) is 40.1. The SMILES string of the molecule is [C-]#[N+]c1ccccc1-c1ccc2c3ccc(-c4ccccc4C#N)cc3n(-c3cc(C#N)c(-c4cc(C)nc(C)c4)cc3-n3c4cc(-c5ccccc5C#N)ccc4c4ccc(-c5ccccc5C#N)cc43)c2c1. The second kappa shape index (κ2) is 17.9. The molecule has 8 nitrogen and oxygen atoms in total. The summed E-state index contributed by atoms with van der Waals surface area (Å²) >= 11 is 0. The number of nitriles is 4. The predicted octanol–water partition coefficient (Wildman–Crippen LogP) is 16.3. The molecule has 0 aliphatic carbocycles. The molecular formula is C66H38N8. The highest BCUT2D eigenvalue weighted by Crippen LogP contribution is 2.45. The monoisotopic (exact) mass is 942 g/mol. The molecule has 0 spiro atoms. The molecule has 0 atom stereocenters. The quantitative estimate of drug-likeness (QED) is 0.147. The average Bonchev–Trinajstić information content (AvgIpc) is 3.96. The van der Waals surface area contributed by atoms with Crippen LogP contribution in [0.25, 0.3) is 115 Å². The number of nitrogens with zero attached hydrogens (tertiary/aromatic N) is 8. The maximum atomic E-state index is 11.4. The molecule has 8 heteroatoms. The van der Waals surface area contributed by atoms with E-state index in [-0.39, 0.29) is 0 Å². The van der Waals surface area contributed by atoms with Gasteiger partial charge in [0.25, 0.3) is 0 Å². The van der Waals surface area contributed by atoms with E-state index in [9.17, 15) is 21.0 Å². The average molecular weight is 943 g/mol. The second-order valence-corrected chi connectivity index (χ2v) is 18.3. The standard InChI is InChI=1S/C66H38N8/c1-40-28-49(29-41(2)72-40)59-35-66(74-62-31-43(52-16-8-5-13-47(52)37-68)21-25-56(62)57-26-22-44(32-63(57)74)53-17-9-6-14-48(53)38-69)65(34-50(59)39-70)73-61-30-42(51-15-7-4-12-46(51)36-67)20-24-55(61)58-27-23-45(33-64(58)73)54-18-10-11-19-60(54)71-3/h4-35H,1-2H3. The maximum absolute atomic E-state index is 11.4. The van der Waals surface area contributed by atoms with Crippen LogP contribution in [-0.2, 0) is 0 Å². The third kappa shape index (κ3) is 7.22. The first-order chi connectivity index (χ1) is 36.3. The number of hydrogen-bond donors (Lipinski definition) is 0. The van der Waals surface area contributed by atoms with Crippen molar-refractivity contribution in [2.24, 2.45) is 0 Å². The van der Waals surface area contributed by atoms with Gasteiger partial charge in [-0.3, -0.25) is 4.98 Å². The van der Waals surface area contributed by atoms with Crippen LogP contribution in [0.15, 0.2) is 194 Å². The zero-order valence-corrected chi connectivity index (χ0v) is 40.1. The van der Waals surface area contributed by atoms with E-state index in [0.717, 1.165) is 111 Å². The molecule has 0 aliphatic rings. The molecule has 0 fully saturated rings. The lowest BCUT2D eigenvalue weighted by molar-refractivity contribution is 1.09. The molecule has 74 heavy (non-hydrogen) atoms. The first-order valence-electron chi connectivity index (χ1n) is 24.0. The van der Waals surface area contributed by atoms with Crippen LogP contribution in [0.4, 0.5) is 5.69 Å². The minimum atomic E-state index is 0.442. The lowest BCUT2D eigenvalue weighted by atomic mass is 9.97. The fourth-order valence-corrected chi connectivity index (χ4v) is 10.8. The van der Waals surface area contributed by atoms with Gasteiger partial charge in [0.05, 0.1) is 86.5 Å². The van der Waals surface area contributed by atoms with Gasteiger partial charge in [-0.1, -0.05) is 127 Å². The molecule has 12 aromatic rings. The minimum Gasteiger partial charge on any atom is -0.307 e. The number of fused-ring (bicyclic) bond motifs is 6. The summed E-state index contributed by atoms with van der Waals surface area (Å²) in [5.74, 6) is 0. The van der Waals surface area contributed by atoms with E-state index in [0.29, 0.717) is 39.2 Å². The Balaban J connectivity index is 1.28. The molecule has 3 heterocycles. The number of pyridine rings is 1. The van der Waals surface area contributed by atoms with Crippen LogP contribution in [0, 0.1) is 65.7 Å². The zero-order chi connectivity index (χ0) is 50.6. The smallest absolute Gasteiger partial charge is 0.194 e. The Labute approximate surface area is 426 Å². The van der Waals surface area contributed by atoms with Gasteiger partial charge in [-0.05, 0) is 131 Å². The van der Waals surface area contributed by atoms with Crippen LogP contribution in [0.1, 0.15) is 33.6 Å². The summed E-state index contributed by atoms with van der Waals surface area (Å²) in [6.45, 7) is 12.0. The molecule has 3 aromatic heterocycles. The Kier molecular flexibility index (Phi) is 10.7. The van der Waals surface area contributed by atoms with E-state index in [4.69, 9.17) is 11.6 Å². The van der Waals surface area contributed by atoms with Gasteiger partial charge in [0.2, 0.25) is 0 Å². The van der Waals surface area contributed by atoms with Crippen molar-refractivity contribution in [2.75, 3.05) is 0 Å². The molecule has 342 valence electrons. The van der Waals surface area contributed by atoms with Crippen LogP contribution in [0.2, 0.25) is 0 Å². The Hall–Kier alpha value is -10.8. The normalized spacial score (nSPS) is 11.0. The molecule has 0 aliphatic heterocycles. The van der Waals surface area contributed by atoms with Gasteiger partial charge >= 0.3 is 0 Å². The summed E-state index contributed by atoms with van der Waals surface area (Å²) in [6, 6.07) is 73.5. The van der Waals surface area contributed by atoms with Gasteiger partial charge in [-0.15, -0.1) is 0 Å². The van der Waals surface area contributed by atoms with E-state index in [1.54, 1.807) is 0 Å². The fraction of sp³-hybridized carbons (Fsp3) is 0.0303. The van der Waals surface area contributed by atoms with E-state index >= 15 is 0 Å². The first-order valence-corrected chi connectivity index (χ1v) is 24.0. The molecule has 0 N–H and O–H groups in total. The largest absolute Gasteiger partial charge is 0.307 e. The summed E-state index contributed by atoms with van der Waals surface area (Å²) in [7, 11) is 0. The van der Waals surface area contributed by atoms with Crippen LogP contribution in [0.5, 0.6) is 0 Å². The summed E-state index contributed by atoms with van der Waals surface area (Å²) in [6.07, 6.45) is 0. The molecule has 0 unspecified atom stereocenters. The van der Waals surface area contributed by atoms with Crippen LogP contribution in [0.3, 0.4) is 0 Å². The second-order valence-electron chi connectivity index (χ2n) is 18.3. The summed E-state index contributed by atoms with van der Waals surface area (Å²) in [5.41, 5.74) is 17.2. The molecular weight excluding hydrogens is 905 g/mol. The van der Waals surface area contributed by atoms with Crippen molar-refractivity contribution in [3.05, 3.63) is 239 Å². The lowest BCUT2D eigenvalue weighted by Crippen LogP contribution is -2.06. The number of benzene rings is 9. The number of aryl methyl sites for hydroxylation is 2. The van der Waals surface area contributed by atoms with Crippen molar-refractivity contribution in [1.29, 1.82) is 21.0 Å². The van der Waals surface area contributed by atoms with Crippen LogP contribution in [-0.4, -0.2) is 14.1 Å². The third-order valence-corrected chi connectivity index (χ3v) is 14.1. The highest BCUT2D eigenvalue weighted by Gasteiger charge is 2.25. The van der Waals surface area contributed by atoms with E-state index < -0.39 is 0 Å². The highest BCUT2D eigenvalue weighted by atomic mass is 15.1. The van der Waals surface area contributed by atoms with Crippen LogP contribution >= 0.6 is 0 Å². The highest BCUT2D eigenvalue weighted by molar-refractivity contribution is 6.14. The van der Waals surface area contributed by atoms with E-state index in [1.165, 1.54) is 0 Å². The number of hydrogen-bond acceptors (Lipinski definition) is 5. The Morgan fingerprint density at radius 3 is 1.11 bits per heavy atom. The van der Waals surface area contributed by atoms with Gasteiger partial charge in [0.15, 0.2) is 5.69 Å². The molecule has 0 saturated heterocycles. The molecule has 0 bridgehead atoms. The summed E-state index contributed by atoms with van der Waals surface area (Å²) < 4.78 is 4.48. The van der Waals surface area contributed by atoms with Gasteiger partial charge < -0.3 is 9.13 Å². The predicted molar refractivity (Wildman–Crippen MR) is 295 cm³/mol. The van der Waals surface area contributed by atoms with Crippen LogP contribution < -0.4 is 0 Å². The van der Waals surface area contributed by atoms with Gasteiger partial charge in [0, 0.05) is 38.5 Å². The van der Waals surface area contributed by atoms with Crippen molar-refractivity contribution in [3.63, 3.8) is 0 Å². The van der Waals surface area contributed by atoms with E-state index in [2.05, 4.69) is 117 Å². The van der Waals surface area contributed by atoms with Gasteiger partial charge in [-0.2, -0.15) is 21.0 Å². The van der Waals surface area contributed by atoms with Crippen molar-refractivity contribution in [1.82, 2.24) is 14.1 Å². The molecule has 0 radical (unpaired) electrons. The Morgan fingerprint density at radius 2 is 0.716 bits per heavy atom. The maximum Gasteiger partial charge on any atom is 0.194 e. The lowest BCUT2D eigenvalue weighted by Gasteiger charge is -2.20. The van der Waals surface area contributed by atoms with Gasteiger partial charge in [0.1, 0.15) is 0 Å². The Bertz CT molecular complexity index is 4340.